The van der Waals surface area contributed by atoms with Gasteiger partial charge in [0.15, 0.2) is 0 Å². The third-order valence-corrected chi connectivity index (χ3v) is 4.90. The minimum Gasteiger partial charge on any atom is -0.338 e. The van der Waals surface area contributed by atoms with Crippen molar-refractivity contribution in [2.24, 2.45) is 5.92 Å². The van der Waals surface area contributed by atoms with E-state index in [4.69, 9.17) is 0 Å². The fourth-order valence-corrected chi connectivity index (χ4v) is 3.42. The summed E-state index contributed by atoms with van der Waals surface area (Å²) < 4.78 is 0. The maximum Gasteiger partial charge on any atom is 0.263 e. The van der Waals surface area contributed by atoms with Gasteiger partial charge in [0.25, 0.3) is 5.91 Å². The van der Waals surface area contributed by atoms with Gasteiger partial charge < -0.3 is 4.90 Å². The molecule has 1 fully saturated rings. The van der Waals surface area contributed by atoms with E-state index >= 15 is 0 Å². The van der Waals surface area contributed by atoms with E-state index in [0.717, 1.165) is 24.4 Å². The molecular formula is C14H21NOS. The van der Waals surface area contributed by atoms with E-state index in [0.29, 0.717) is 5.92 Å². The third-order valence-electron chi connectivity index (χ3n) is 3.76. The van der Waals surface area contributed by atoms with Crippen LogP contribution in [0.4, 0.5) is 0 Å². The van der Waals surface area contributed by atoms with Gasteiger partial charge >= 0.3 is 0 Å². The van der Waals surface area contributed by atoms with E-state index in [-0.39, 0.29) is 5.91 Å². The number of rotatable bonds is 2. The third kappa shape index (κ3) is 2.71. The molecule has 0 bridgehead atoms. The van der Waals surface area contributed by atoms with Crippen LogP contribution >= 0.6 is 11.3 Å². The van der Waals surface area contributed by atoms with Gasteiger partial charge in [0.2, 0.25) is 0 Å². The zero-order chi connectivity index (χ0) is 12.4. The molecule has 1 aromatic rings. The molecule has 3 heteroatoms. The number of amides is 1. The number of hydrogen-bond donors (Lipinski definition) is 0. The van der Waals surface area contributed by atoms with E-state index < -0.39 is 0 Å². The number of thiophene rings is 1. The Hall–Kier alpha value is -0.830. The maximum atomic E-state index is 12.4. The number of likely N-dealkylation sites (tertiary alicyclic amines) is 1. The molecule has 1 amide bonds. The Kier molecular flexibility index (Phi) is 3.87. The van der Waals surface area contributed by atoms with Crippen LogP contribution in [-0.4, -0.2) is 23.9 Å². The van der Waals surface area contributed by atoms with Gasteiger partial charge in [0.1, 0.15) is 0 Å². The monoisotopic (exact) mass is 251 g/mol. The molecule has 1 aromatic heterocycles. The highest BCUT2D eigenvalue weighted by molar-refractivity contribution is 7.14. The normalized spacial score (nSPS) is 20.6. The van der Waals surface area contributed by atoms with Gasteiger partial charge in [-0.15, -0.1) is 11.3 Å². The summed E-state index contributed by atoms with van der Waals surface area (Å²) in [6.45, 7) is 8.27. The van der Waals surface area contributed by atoms with Gasteiger partial charge in [-0.05, 0) is 44.2 Å². The summed E-state index contributed by atoms with van der Waals surface area (Å²) >= 11 is 1.63. The fraction of sp³-hybridized carbons (Fsp3) is 0.643. The van der Waals surface area contributed by atoms with Crippen LogP contribution in [0.25, 0.3) is 0 Å². The number of nitrogens with zero attached hydrogens (tertiary/aromatic N) is 1. The van der Waals surface area contributed by atoms with Crippen LogP contribution in [0.5, 0.6) is 0 Å². The van der Waals surface area contributed by atoms with Crippen LogP contribution in [0, 0.1) is 19.8 Å². The van der Waals surface area contributed by atoms with Crippen LogP contribution in [0.2, 0.25) is 0 Å². The fourth-order valence-electron chi connectivity index (χ4n) is 2.42. The molecule has 0 saturated carbocycles. The predicted molar refractivity (Wildman–Crippen MR) is 72.7 cm³/mol. The van der Waals surface area contributed by atoms with Crippen molar-refractivity contribution in [1.29, 1.82) is 0 Å². The second-order valence-corrected chi connectivity index (χ2v) is 6.27. The first kappa shape index (κ1) is 12.6. The Morgan fingerprint density at radius 1 is 1.53 bits per heavy atom. The van der Waals surface area contributed by atoms with Gasteiger partial charge in [-0.25, -0.2) is 0 Å². The van der Waals surface area contributed by atoms with Gasteiger partial charge in [0.05, 0.1) is 4.88 Å². The summed E-state index contributed by atoms with van der Waals surface area (Å²) in [5.41, 5.74) is 1.24. The van der Waals surface area contributed by atoms with Crippen LogP contribution in [0.3, 0.4) is 0 Å². The second kappa shape index (κ2) is 5.21. The van der Waals surface area contributed by atoms with E-state index in [1.807, 2.05) is 11.0 Å². The minimum absolute atomic E-state index is 0.240. The molecule has 2 heterocycles. The summed E-state index contributed by atoms with van der Waals surface area (Å²) in [5, 5.41) is 0. The van der Waals surface area contributed by atoms with Crippen molar-refractivity contribution in [3.63, 3.8) is 0 Å². The van der Waals surface area contributed by atoms with Crippen LogP contribution in [0.15, 0.2) is 6.07 Å². The van der Waals surface area contributed by atoms with Crippen LogP contribution in [-0.2, 0) is 0 Å². The molecule has 1 unspecified atom stereocenters. The minimum atomic E-state index is 0.240. The lowest BCUT2D eigenvalue weighted by molar-refractivity contribution is 0.0676. The quantitative estimate of drug-likeness (QED) is 0.786. The highest BCUT2D eigenvalue weighted by atomic mass is 32.1. The van der Waals surface area contributed by atoms with Gasteiger partial charge in [-0.2, -0.15) is 0 Å². The molecule has 2 rings (SSSR count). The molecule has 0 N–H and O–H groups in total. The molecule has 94 valence electrons. The van der Waals surface area contributed by atoms with Gasteiger partial charge in [-0.1, -0.05) is 13.3 Å². The number of carbonyl (C=O) groups is 1. The average molecular weight is 251 g/mol. The molecule has 0 aromatic carbocycles. The molecule has 0 aliphatic carbocycles. The highest BCUT2D eigenvalue weighted by Crippen LogP contribution is 2.25. The van der Waals surface area contributed by atoms with Crippen molar-refractivity contribution in [2.45, 2.75) is 40.0 Å². The first-order valence-electron chi connectivity index (χ1n) is 6.48. The number of aryl methyl sites for hydroxylation is 2. The lowest BCUT2D eigenvalue weighted by Crippen LogP contribution is -2.39. The first-order chi connectivity index (χ1) is 8.11. The molecule has 1 aliphatic rings. The van der Waals surface area contributed by atoms with Crippen LogP contribution in [0.1, 0.15) is 46.3 Å². The zero-order valence-corrected chi connectivity index (χ0v) is 11.8. The molecule has 1 saturated heterocycles. The summed E-state index contributed by atoms with van der Waals surface area (Å²) in [5.74, 6) is 0.944. The molecular weight excluding hydrogens is 230 g/mol. The molecule has 17 heavy (non-hydrogen) atoms. The molecule has 1 atom stereocenters. The van der Waals surface area contributed by atoms with Crippen molar-refractivity contribution in [3.8, 4) is 0 Å². The van der Waals surface area contributed by atoms with E-state index in [9.17, 15) is 4.79 Å². The van der Waals surface area contributed by atoms with Crippen molar-refractivity contribution < 1.29 is 4.79 Å². The van der Waals surface area contributed by atoms with E-state index in [1.54, 1.807) is 11.3 Å². The number of hydrogen-bond acceptors (Lipinski definition) is 2. The lowest BCUT2D eigenvalue weighted by atomic mass is 9.95. The largest absolute Gasteiger partial charge is 0.338 e. The van der Waals surface area contributed by atoms with Crippen molar-refractivity contribution in [3.05, 3.63) is 21.4 Å². The van der Waals surface area contributed by atoms with E-state index in [1.165, 1.54) is 23.3 Å². The van der Waals surface area contributed by atoms with Gasteiger partial charge in [0, 0.05) is 18.0 Å². The average Bonchev–Trinajstić information content (AvgIpc) is 2.69. The summed E-state index contributed by atoms with van der Waals surface area (Å²) in [6, 6.07) is 2.04. The Bertz CT molecular complexity index is 391. The molecule has 0 radical (unpaired) electrons. The van der Waals surface area contributed by atoms with Gasteiger partial charge in [-0.3, -0.25) is 4.79 Å². The number of carbonyl (C=O) groups excluding carboxylic acids is 1. The Balaban J connectivity index is 2.09. The summed E-state index contributed by atoms with van der Waals surface area (Å²) in [4.78, 5) is 16.6. The first-order valence-corrected chi connectivity index (χ1v) is 7.29. The molecule has 2 nitrogen and oxygen atoms in total. The highest BCUT2D eigenvalue weighted by Gasteiger charge is 2.24. The molecule has 0 spiro atoms. The Labute approximate surface area is 108 Å². The smallest absolute Gasteiger partial charge is 0.263 e. The topological polar surface area (TPSA) is 20.3 Å². The second-order valence-electron chi connectivity index (χ2n) is 5.02. The SMILES string of the molecule is CCC1CCCN(C(=O)c2cc(C)c(C)s2)C1. The summed E-state index contributed by atoms with van der Waals surface area (Å²) in [7, 11) is 0. The van der Waals surface area contributed by atoms with Crippen molar-refractivity contribution in [1.82, 2.24) is 4.90 Å². The van der Waals surface area contributed by atoms with Crippen molar-refractivity contribution in [2.75, 3.05) is 13.1 Å². The Morgan fingerprint density at radius 3 is 2.88 bits per heavy atom. The summed E-state index contributed by atoms with van der Waals surface area (Å²) in [6.07, 6.45) is 3.63. The standard InChI is InChI=1S/C14H21NOS/c1-4-12-6-5-7-15(9-12)14(16)13-8-10(2)11(3)17-13/h8,12H,4-7,9H2,1-3H3. The van der Waals surface area contributed by atoms with Crippen molar-refractivity contribution >= 4 is 17.2 Å². The van der Waals surface area contributed by atoms with Crippen LogP contribution < -0.4 is 0 Å². The molecule has 1 aliphatic heterocycles. The Morgan fingerprint density at radius 2 is 2.29 bits per heavy atom. The maximum absolute atomic E-state index is 12.4. The van der Waals surface area contributed by atoms with E-state index in [2.05, 4.69) is 20.8 Å². The predicted octanol–water partition coefficient (Wildman–Crippen LogP) is 3.63. The lowest BCUT2D eigenvalue weighted by Gasteiger charge is -2.32. The zero-order valence-electron chi connectivity index (χ0n) is 11.0. The number of piperidine rings is 1.